The largest absolute Gasteiger partial charge is 0.480 e. The highest BCUT2D eigenvalue weighted by Crippen LogP contribution is 2.27. The molecule has 0 bridgehead atoms. The molecule has 0 unspecified atom stereocenters. The molecule has 2 amide bonds. The lowest BCUT2D eigenvalue weighted by molar-refractivity contribution is -0.147. The number of carboxylic acid groups (broad SMARTS) is 1. The first-order chi connectivity index (χ1) is 16.7. The van der Waals surface area contributed by atoms with Crippen molar-refractivity contribution >= 4 is 17.8 Å². The van der Waals surface area contributed by atoms with Gasteiger partial charge in [0.05, 0.1) is 0 Å². The number of rotatable bonds is 6. The third kappa shape index (κ3) is 5.54. The van der Waals surface area contributed by atoms with Crippen LogP contribution in [0.25, 0.3) is 0 Å². The van der Waals surface area contributed by atoms with Crippen LogP contribution >= 0.6 is 0 Å². The fraction of sp³-hybridized carbons (Fsp3) is 0.222. The minimum atomic E-state index is -1.28. The molecule has 1 atom stereocenters. The number of carboxylic acids is 1. The van der Waals surface area contributed by atoms with Gasteiger partial charge in [0.15, 0.2) is 0 Å². The van der Waals surface area contributed by atoms with Gasteiger partial charge in [-0.25, -0.2) is 8.78 Å². The van der Waals surface area contributed by atoms with Crippen LogP contribution in [0.15, 0.2) is 66.7 Å². The summed E-state index contributed by atoms with van der Waals surface area (Å²) in [4.78, 5) is 41.2. The predicted molar refractivity (Wildman–Crippen MR) is 124 cm³/mol. The Bertz CT molecular complexity index is 1260. The number of aliphatic carboxylic acids is 1. The number of nitrogens with zero attached hydrogens (tertiary/aromatic N) is 2. The van der Waals surface area contributed by atoms with Gasteiger partial charge < -0.3 is 14.9 Å². The molecule has 8 heteroatoms. The van der Waals surface area contributed by atoms with E-state index in [0.717, 1.165) is 33.7 Å². The second kappa shape index (κ2) is 10.0. The molecule has 1 aliphatic rings. The average molecular weight is 478 g/mol. The van der Waals surface area contributed by atoms with E-state index < -0.39 is 36.1 Å². The number of hydrogen-bond acceptors (Lipinski definition) is 3. The highest BCUT2D eigenvalue weighted by Gasteiger charge is 2.37. The van der Waals surface area contributed by atoms with E-state index in [4.69, 9.17) is 0 Å². The van der Waals surface area contributed by atoms with E-state index in [1.807, 2.05) is 31.2 Å². The van der Waals surface area contributed by atoms with E-state index in [1.165, 1.54) is 4.90 Å². The summed E-state index contributed by atoms with van der Waals surface area (Å²) in [7, 11) is 0. The normalized spacial score (nSPS) is 14.8. The molecule has 3 aromatic rings. The SMILES string of the molecule is Cc1ccc(C(=O)N2Cc3ccccc3C[C@H]2C(=O)N(CC(=O)O)Cc2cc(F)cc(F)c2)cc1. The van der Waals surface area contributed by atoms with Crippen molar-refractivity contribution in [2.24, 2.45) is 0 Å². The second-order valence-corrected chi connectivity index (χ2v) is 8.65. The van der Waals surface area contributed by atoms with Crippen molar-refractivity contribution in [3.63, 3.8) is 0 Å². The Hall–Kier alpha value is -4.07. The topological polar surface area (TPSA) is 77.9 Å². The summed E-state index contributed by atoms with van der Waals surface area (Å²) in [5.41, 5.74) is 3.28. The van der Waals surface area contributed by atoms with Crippen molar-refractivity contribution in [2.75, 3.05) is 6.54 Å². The maximum atomic E-state index is 13.7. The van der Waals surface area contributed by atoms with Gasteiger partial charge in [-0.1, -0.05) is 42.0 Å². The van der Waals surface area contributed by atoms with Crippen LogP contribution < -0.4 is 0 Å². The molecule has 180 valence electrons. The lowest BCUT2D eigenvalue weighted by atomic mass is 9.92. The van der Waals surface area contributed by atoms with E-state index in [2.05, 4.69) is 0 Å². The van der Waals surface area contributed by atoms with Crippen molar-refractivity contribution in [1.82, 2.24) is 9.80 Å². The number of amides is 2. The highest BCUT2D eigenvalue weighted by atomic mass is 19.1. The molecular formula is C27H24F2N2O4. The van der Waals surface area contributed by atoms with Crippen molar-refractivity contribution < 1.29 is 28.3 Å². The fourth-order valence-electron chi connectivity index (χ4n) is 4.33. The number of halogens is 2. The smallest absolute Gasteiger partial charge is 0.323 e. The summed E-state index contributed by atoms with van der Waals surface area (Å²) in [6, 6.07) is 16.2. The Balaban J connectivity index is 1.69. The number of carbonyl (C=O) groups is 3. The summed E-state index contributed by atoms with van der Waals surface area (Å²) < 4.78 is 27.5. The molecule has 0 saturated carbocycles. The summed E-state index contributed by atoms with van der Waals surface area (Å²) >= 11 is 0. The van der Waals surface area contributed by atoms with Gasteiger partial charge in [-0.15, -0.1) is 0 Å². The zero-order valence-corrected chi connectivity index (χ0v) is 19.1. The molecular weight excluding hydrogens is 454 g/mol. The summed E-state index contributed by atoms with van der Waals surface area (Å²) in [6.45, 7) is 1.08. The molecule has 0 saturated heterocycles. The van der Waals surface area contributed by atoms with Gasteiger partial charge in [0.1, 0.15) is 24.2 Å². The van der Waals surface area contributed by atoms with Crippen molar-refractivity contribution in [1.29, 1.82) is 0 Å². The van der Waals surface area contributed by atoms with E-state index >= 15 is 0 Å². The molecule has 0 aromatic heterocycles. The molecule has 4 rings (SSSR count). The van der Waals surface area contributed by atoms with E-state index in [0.29, 0.717) is 11.6 Å². The third-order valence-corrected chi connectivity index (χ3v) is 6.03. The highest BCUT2D eigenvalue weighted by molar-refractivity contribution is 5.98. The number of aryl methyl sites for hydroxylation is 1. The lowest BCUT2D eigenvalue weighted by Crippen LogP contribution is -2.54. The molecule has 0 fully saturated rings. The summed E-state index contributed by atoms with van der Waals surface area (Å²) in [6.07, 6.45) is 0.195. The average Bonchev–Trinajstić information content (AvgIpc) is 2.81. The Morgan fingerprint density at radius 2 is 1.60 bits per heavy atom. The van der Waals surface area contributed by atoms with Crippen LogP contribution in [0.4, 0.5) is 8.78 Å². The van der Waals surface area contributed by atoms with Crippen LogP contribution in [0.2, 0.25) is 0 Å². The molecule has 0 spiro atoms. The van der Waals surface area contributed by atoms with Crippen molar-refractivity contribution in [3.8, 4) is 0 Å². The first-order valence-electron chi connectivity index (χ1n) is 11.1. The summed E-state index contributed by atoms with van der Waals surface area (Å²) in [5, 5.41) is 9.43. The van der Waals surface area contributed by atoms with Gasteiger partial charge >= 0.3 is 5.97 Å². The number of fused-ring (bicyclic) bond motifs is 1. The van der Waals surface area contributed by atoms with Crippen LogP contribution in [0.3, 0.4) is 0 Å². The van der Waals surface area contributed by atoms with Crippen LogP contribution in [0, 0.1) is 18.6 Å². The van der Waals surface area contributed by atoms with Crippen LogP contribution in [-0.2, 0) is 29.1 Å². The first-order valence-corrected chi connectivity index (χ1v) is 11.1. The maximum Gasteiger partial charge on any atom is 0.323 e. The first kappa shape index (κ1) is 24.1. The van der Waals surface area contributed by atoms with Gasteiger partial charge in [0.25, 0.3) is 5.91 Å². The predicted octanol–water partition coefficient (Wildman–Crippen LogP) is 3.95. The molecule has 1 heterocycles. The Morgan fingerprint density at radius 1 is 0.971 bits per heavy atom. The van der Waals surface area contributed by atoms with Crippen molar-refractivity contribution in [3.05, 3.63) is 106 Å². The van der Waals surface area contributed by atoms with Crippen LogP contribution in [0.5, 0.6) is 0 Å². The number of benzene rings is 3. The monoisotopic (exact) mass is 478 g/mol. The number of hydrogen-bond donors (Lipinski definition) is 1. The Labute approximate surface area is 201 Å². The van der Waals surface area contributed by atoms with Gasteiger partial charge in [0, 0.05) is 31.1 Å². The van der Waals surface area contributed by atoms with Gasteiger partial charge in [-0.05, 0) is 47.9 Å². The van der Waals surface area contributed by atoms with Crippen LogP contribution in [-0.4, -0.2) is 45.3 Å². The zero-order chi connectivity index (χ0) is 25.1. The summed E-state index contributed by atoms with van der Waals surface area (Å²) in [5.74, 6) is -3.89. The van der Waals surface area contributed by atoms with Gasteiger partial charge in [-0.3, -0.25) is 14.4 Å². The van der Waals surface area contributed by atoms with E-state index in [-0.39, 0.29) is 31.0 Å². The second-order valence-electron chi connectivity index (χ2n) is 8.65. The quantitative estimate of drug-likeness (QED) is 0.582. The molecule has 0 radical (unpaired) electrons. The van der Waals surface area contributed by atoms with Crippen LogP contribution in [0.1, 0.15) is 32.6 Å². The minimum Gasteiger partial charge on any atom is -0.480 e. The zero-order valence-electron chi connectivity index (χ0n) is 19.1. The lowest BCUT2D eigenvalue weighted by Gasteiger charge is -2.38. The van der Waals surface area contributed by atoms with Gasteiger partial charge in [-0.2, -0.15) is 0 Å². The fourth-order valence-corrected chi connectivity index (χ4v) is 4.33. The number of carbonyl (C=O) groups excluding carboxylic acids is 2. The molecule has 1 N–H and O–H groups in total. The van der Waals surface area contributed by atoms with E-state index in [1.54, 1.807) is 24.3 Å². The maximum absolute atomic E-state index is 13.7. The molecule has 1 aliphatic heterocycles. The van der Waals surface area contributed by atoms with Gasteiger partial charge in [0.2, 0.25) is 5.91 Å². The molecule has 3 aromatic carbocycles. The third-order valence-electron chi connectivity index (χ3n) is 6.03. The van der Waals surface area contributed by atoms with E-state index in [9.17, 15) is 28.3 Å². The Kier molecular flexibility index (Phi) is 6.91. The standard InChI is InChI=1S/C27H24F2N2O4/c1-17-6-8-19(9-7-17)26(34)31-15-21-5-3-2-4-20(21)12-24(31)27(35)30(16-25(32)33)14-18-10-22(28)13-23(29)11-18/h2-11,13,24H,12,14-16H2,1H3,(H,32,33)/t24-/m0/s1. The molecule has 0 aliphatic carbocycles. The minimum absolute atomic E-state index is 0.115. The Morgan fingerprint density at radius 3 is 2.23 bits per heavy atom. The molecule has 6 nitrogen and oxygen atoms in total. The molecule has 35 heavy (non-hydrogen) atoms. The van der Waals surface area contributed by atoms with Crippen molar-refractivity contribution in [2.45, 2.75) is 32.5 Å².